The molecule has 5 rings (SSSR count). The molecule has 0 aliphatic carbocycles. The van der Waals surface area contributed by atoms with Crippen molar-refractivity contribution in [3.8, 4) is 5.69 Å². The highest BCUT2D eigenvalue weighted by Crippen LogP contribution is 2.35. The van der Waals surface area contributed by atoms with Gasteiger partial charge in [-0.05, 0) is 60.0 Å². The van der Waals surface area contributed by atoms with Gasteiger partial charge in [0.2, 0.25) is 13.1 Å². The SMILES string of the molecule is CC(C)CCC(=O)OC[n+]1cnn(C[C@](O)(c2ccc(F)cc2F)[C@@H](C)N2CCN(c3ccc(-n4cnnn4)cc3)C2=O)c1. The van der Waals surface area contributed by atoms with Crippen LogP contribution >= 0.6 is 0 Å². The van der Waals surface area contributed by atoms with Gasteiger partial charge in [0.1, 0.15) is 30.1 Å². The Labute approximate surface area is 252 Å². The van der Waals surface area contributed by atoms with Crippen molar-refractivity contribution >= 4 is 17.7 Å². The molecule has 4 aromatic rings. The molecule has 3 heterocycles. The monoisotopic (exact) mass is 610 g/mol. The third kappa shape index (κ3) is 6.56. The van der Waals surface area contributed by atoms with E-state index in [0.717, 1.165) is 6.07 Å². The molecule has 1 aliphatic rings. The van der Waals surface area contributed by atoms with E-state index in [-0.39, 0.29) is 37.8 Å². The molecule has 1 saturated heterocycles. The minimum absolute atomic E-state index is 0.0956. The first-order chi connectivity index (χ1) is 21.0. The maximum absolute atomic E-state index is 15.2. The molecular weight excluding hydrogens is 576 g/mol. The third-order valence-corrected chi connectivity index (χ3v) is 7.71. The number of benzene rings is 2. The van der Waals surface area contributed by atoms with Gasteiger partial charge in [0, 0.05) is 41.9 Å². The average Bonchev–Trinajstić information content (AvgIpc) is 3.76. The molecule has 1 N–H and O–H groups in total. The zero-order chi connectivity index (χ0) is 31.4. The number of nitrogens with zero attached hydrogens (tertiary/aromatic N) is 9. The normalized spacial score (nSPS) is 15.6. The summed E-state index contributed by atoms with van der Waals surface area (Å²) in [6, 6.07) is 8.61. The number of aromatic nitrogens is 7. The number of ether oxygens (including phenoxy) is 1. The number of urea groups is 1. The molecule has 0 bridgehead atoms. The van der Waals surface area contributed by atoms with Crippen molar-refractivity contribution in [2.45, 2.75) is 58.5 Å². The van der Waals surface area contributed by atoms with Crippen LogP contribution in [0.15, 0.2) is 61.4 Å². The first-order valence-electron chi connectivity index (χ1n) is 14.2. The molecule has 2 aromatic heterocycles. The zero-order valence-electron chi connectivity index (χ0n) is 24.6. The number of carbonyl (C=O) groups excluding carboxylic acids is 2. The van der Waals surface area contributed by atoms with Gasteiger partial charge in [-0.1, -0.05) is 19.9 Å². The fraction of sp³-hybridized carbons (Fsp3) is 0.414. The van der Waals surface area contributed by atoms with Crippen LogP contribution in [-0.4, -0.2) is 71.1 Å². The second-order valence-corrected chi connectivity index (χ2v) is 11.2. The van der Waals surface area contributed by atoms with Crippen LogP contribution in [0.4, 0.5) is 19.3 Å². The molecule has 13 nitrogen and oxygen atoms in total. The number of rotatable bonds is 12. The number of hydrogen-bond donors (Lipinski definition) is 1. The smallest absolute Gasteiger partial charge is 0.324 e. The van der Waals surface area contributed by atoms with Crippen LogP contribution < -0.4 is 9.47 Å². The van der Waals surface area contributed by atoms with E-state index in [2.05, 4.69) is 20.6 Å². The van der Waals surface area contributed by atoms with Gasteiger partial charge in [0.15, 0.2) is 0 Å². The minimum Gasteiger partial charge on any atom is -0.431 e. The summed E-state index contributed by atoms with van der Waals surface area (Å²) in [7, 11) is 0. The highest BCUT2D eigenvalue weighted by atomic mass is 19.1. The maximum Gasteiger partial charge on any atom is 0.324 e. The summed E-state index contributed by atoms with van der Waals surface area (Å²) in [5.41, 5.74) is -0.885. The zero-order valence-corrected chi connectivity index (χ0v) is 24.6. The molecule has 0 radical (unpaired) electrons. The summed E-state index contributed by atoms with van der Waals surface area (Å²) in [5, 5.41) is 27.5. The van der Waals surface area contributed by atoms with Crippen LogP contribution in [0.2, 0.25) is 0 Å². The fourth-order valence-electron chi connectivity index (χ4n) is 5.14. The van der Waals surface area contributed by atoms with E-state index in [0.29, 0.717) is 36.3 Å². The average molecular weight is 611 g/mol. The molecule has 0 spiro atoms. The molecule has 1 aliphatic heterocycles. The number of halogens is 2. The lowest BCUT2D eigenvalue weighted by molar-refractivity contribution is -0.728. The topological polar surface area (TPSA) is 135 Å². The number of tetrazole rings is 1. The van der Waals surface area contributed by atoms with Crippen molar-refractivity contribution < 1.29 is 32.8 Å². The summed E-state index contributed by atoms with van der Waals surface area (Å²) in [4.78, 5) is 28.7. The van der Waals surface area contributed by atoms with Crippen LogP contribution in [0, 0.1) is 17.6 Å². The van der Waals surface area contributed by atoms with Crippen LogP contribution in [0.3, 0.4) is 0 Å². The van der Waals surface area contributed by atoms with E-state index < -0.39 is 29.3 Å². The second-order valence-electron chi connectivity index (χ2n) is 11.2. The molecule has 2 atom stereocenters. The number of aliphatic hydroxyl groups is 1. The van der Waals surface area contributed by atoms with Crippen molar-refractivity contribution in [3.05, 3.63) is 78.6 Å². The Kier molecular flexibility index (Phi) is 8.94. The highest BCUT2D eigenvalue weighted by molar-refractivity contribution is 5.94. The summed E-state index contributed by atoms with van der Waals surface area (Å²) < 4.78 is 38.7. The van der Waals surface area contributed by atoms with Crippen LogP contribution in [-0.2, 0) is 28.4 Å². The molecule has 2 amide bonds. The summed E-state index contributed by atoms with van der Waals surface area (Å²) in [5.74, 6) is -1.74. The predicted molar refractivity (Wildman–Crippen MR) is 151 cm³/mol. The molecule has 1 fully saturated rings. The second kappa shape index (κ2) is 12.8. The lowest BCUT2D eigenvalue weighted by Crippen LogP contribution is -2.53. The molecule has 44 heavy (non-hydrogen) atoms. The van der Waals surface area contributed by atoms with Crippen molar-refractivity contribution in [2.24, 2.45) is 5.92 Å². The van der Waals surface area contributed by atoms with E-state index in [1.165, 1.54) is 43.9 Å². The minimum atomic E-state index is -2.02. The van der Waals surface area contributed by atoms with Crippen molar-refractivity contribution in [2.75, 3.05) is 18.0 Å². The van der Waals surface area contributed by atoms with Crippen LogP contribution in [0.1, 0.15) is 39.2 Å². The van der Waals surface area contributed by atoms with Gasteiger partial charge in [0.05, 0.1) is 11.7 Å². The van der Waals surface area contributed by atoms with E-state index in [1.807, 2.05) is 13.8 Å². The number of esters is 1. The van der Waals surface area contributed by atoms with Gasteiger partial charge in [0.25, 0.3) is 6.33 Å². The predicted octanol–water partition coefficient (Wildman–Crippen LogP) is 2.58. The van der Waals surface area contributed by atoms with Gasteiger partial charge in [-0.3, -0.25) is 9.69 Å². The van der Waals surface area contributed by atoms with E-state index >= 15 is 4.39 Å². The van der Waals surface area contributed by atoms with Gasteiger partial charge in [-0.2, -0.15) is 0 Å². The first-order valence-corrected chi connectivity index (χ1v) is 14.2. The van der Waals surface area contributed by atoms with E-state index in [1.54, 1.807) is 36.1 Å². The van der Waals surface area contributed by atoms with E-state index in [9.17, 15) is 19.1 Å². The standard InChI is InChI=1S/C29H34F2N9O4/c1-20(2)4-11-27(41)44-19-36-17-33-37(18-36)15-29(43,25-10-5-22(30)14-26(25)31)21(3)38-12-13-39(28(38)42)23-6-8-24(9-7-23)40-16-32-34-35-40/h5-10,14,16-18,20-21,43H,4,11-13,15,19H2,1-3H3/q+1/t21-,29-/m1/s1. The highest BCUT2D eigenvalue weighted by Gasteiger charge is 2.47. The molecule has 2 aromatic carbocycles. The quantitative estimate of drug-likeness (QED) is 0.191. The Balaban J connectivity index is 1.35. The van der Waals surface area contributed by atoms with Gasteiger partial charge in [-0.25, -0.2) is 22.8 Å². The summed E-state index contributed by atoms with van der Waals surface area (Å²) >= 11 is 0. The third-order valence-electron chi connectivity index (χ3n) is 7.71. The molecule has 15 heteroatoms. The first kappa shape index (κ1) is 30.7. The van der Waals surface area contributed by atoms with Gasteiger partial charge >= 0.3 is 12.0 Å². The van der Waals surface area contributed by atoms with Crippen molar-refractivity contribution in [1.29, 1.82) is 0 Å². The van der Waals surface area contributed by atoms with Crippen LogP contribution in [0.5, 0.6) is 0 Å². The van der Waals surface area contributed by atoms with E-state index in [4.69, 9.17) is 4.74 Å². The number of amides is 2. The molecular formula is C29H34F2N9O4+. The largest absolute Gasteiger partial charge is 0.431 e. The number of carbonyl (C=O) groups is 2. The van der Waals surface area contributed by atoms with Crippen molar-refractivity contribution in [1.82, 2.24) is 34.9 Å². The Morgan fingerprint density at radius 3 is 2.55 bits per heavy atom. The lowest BCUT2D eigenvalue weighted by Gasteiger charge is -2.38. The Hall–Kier alpha value is -4.79. The number of anilines is 1. The van der Waals surface area contributed by atoms with Gasteiger partial charge in [-0.15, -0.1) is 9.78 Å². The Morgan fingerprint density at radius 2 is 1.86 bits per heavy atom. The maximum atomic E-state index is 15.2. The fourth-order valence-corrected chi connectivity index (χ4v) is 5.14. The van der Waals surface area contributed by atoms with Crippen molar-refractivity contribution in [3.63, 3.8) is 0 Å². The molecule has 232 valence electrons. The summed E-state index contributed by atoms with van der Waals surface area (Å²) in [6.45, 7) is 5.82. The molecule has 0 saturated carbocycles. The number of hydrogen-bond acceptors (Lipinski definition) is 8. The van der Waals surface area contributed by atoms with Crippen LogP contribution in [0.25, 0.3) is 5.69 Å². The Morgan fingerprint density at radius 1 is 1.11 bits per heavy atom. The lowest BCUT2D eigenvalue weighted by atomic mass is 9.85. The van der Waals surface area contributed by atoms with Gasteiger partial charge < -0.3 is 14.7 Å². The summed E-state index contributed by atoms with van der Waals surface area (Å²) in [6.07, 6.45) is 5.35. The Bertz CT molecular complexity index is 1600. The molecule has 0 unspecified atom stereocenters.